The number of sulfone groups is 1. The van der Waals surface area contributed by atoms with Crippen LogP contribution in [0.1, 0.15) is 24.8 Å². The van der Waals surface area contributed by atoms with E-state index < -0.39 is 45.5 Å². The molecular weight excluding hydrogens is 473 g/mol. The monoisotopic (exact) mass is 493 g/mol. The summed E-state index contributed by atoms with van der Waals surface area (Å²) >= 11 is 0. The lowest BCUT2D eigenvalue weighted by Crippen LogP contribution is -2.50. The minimum atomic E-state index is -5.62. The second kappa shape index (κ2) is 8.98. The van der Waals surface area contributed by atoms with Crippen molar-refractivity contribution < 1.29 is 45.0 Å². The number of carboxylic acids is 1. The Morgan fingerprint density at radius 2 is 1.64 bits per heavy atom. The van der Waals surface area contributed by atoms with Gasteiger partial charge in [-0.15, -0.1) is 0 Å². The summed E-state index contributed by atoms with van der Waals surface area (Å²) in [4.78, 5) is 15.7. The molecule has 0 amide bonds. The van der Waals surface area contributed by atoms with Crippen LogP contribution in [0.2, 0.25) is 0 Å². The Hall–Kier alpha value is -2.60. The second-order valence-corrected chi connectivity index (χ2v) is 9.95. The molecule has 1 aromatic carbocycles. The molecule has 33 heavy (non-hydrogen) atoms. The summed E-state index contributed by atoms with van der Waals surface area (Å²) in [6, 6.07) is 8.13. The minimum Gasteiger partial charge on any atom is -0.480 e. The summed E-state index contributed by atoms with van der Waals surface area (Å²) in [5.41, 5.74) is 0.978. The predicted octanol–water partition coefficient (Wildman–Crippen LogP) is 4.29. The molecule has 2 heterocycles. The van der Waals surface area contributed by atoms with Crippen LogP contribution in [0, 0.1) is 0 Å². The first-order chi connectivity index (χ1) is 15.3. The number of carboxylic acid groups (broad SMARTS) is 1. The van der Waals surface area contributed by atoms with Crippen molar-refractivity contribution in [2.45, 2.75) is 47.4 Å². The molecule has 0 saturated carbocycles. The average molecular weight is 493 g/mol. The van der Waals surface area contributed by atoms with Gasteiger partial charge in [0.05, 0.1) is 10.6 Å². The van der Waals surface area contributed by atoms with Crippen molar-refractivity contribution in [2.24, 2.45) is 0 Å². The Morgan fingerprint density at radius 1 is 1.03 bits per heavy atom. The number of hydrogen-bond acceptors (Lipinski definition) is 5. The summed E-state index contributed by atoms with van der Waals surface area (Å²) in [7, 11) is -4.22. The van der Waals surface area contributed by atoms with Gasteiger partial charge in [-0.25, -0.2) is 8.42 Å². The number of hydrogen-bond donors (Lipinski definition) is 1. The largest absolute Gasteiger partial charge is 0.480 e. The van der Waals surface area contributed by atoms with E-state index in [0.29, 0.717) is 11.3 Å². The molecule has 0 radical (unpaired) electrons. The first kappa shape index (κ1) is 25.0. The Labute approximate surface area is 186 Å². The lowest BCUT2D eigenvalue weighted by molar-refractivity contribution is -0.284. The highest BCUT2D eigenvalue weighted by atomic mass is 32.2. The third-order valence-corrected chi connectivity index (χ3v) is 8.14. The van der Waals surface area contributed by atoms with Crippen molar-refractivity contribution in [2.75, 3.05) is 13.2 Å². The van der Waals surface area contributed by atoms with Crippen molar-refractivity contribution in [3.8, 4) is 11.3 Å². The molecule has 2 aromatic rings. The maximum absolute atomic E-state index is 13.1. The van der Waals surface area contributed by atoms with Gasteiger partial charge in [-0.2, -0.15) is 22.0 Å². The highest BCUT2D eigenvalue weighted by molar-refractivity contribution is 7.93. The lowest BCUT2D eigenvalue weighted by atomic mass is 9.99. The summed E-state index contributed by atoms with van der Waals surface area (Å²) < 4.78 is 92.2. The van der Waals surface area contributed by atoms with E-state index in [-0.39, 0.29) is 36.5 Å². The van der Waals surface area contributed by atoms with Crippen LogP contribution in [0.5, 0.6) is 0 Å². The molecule has 1 aromatic heterocycles. The SMILES string of the molecule is O=C(O)C1(S(=O)(=O)c2ccc(-c3ccc(CCC(F)(F)C(F)(F)F)cn3)cc2)CCOCC1. The Bertz CT molecular complexity index is 1090. The van der Waals surface area contributed by atoms with E-state index in [2.05, 4.69) is 4.98 Å². The number of pyridine rings is 1. The average Bonchev–Trinajstić information content (AvgIpc) is 2.77. The first-order valence-electron chi connectivity index (χ1n) is 9.86. The van der Waals surface area contributed by atoms with Gasteiger partial charge in [0.25, 0.3) is 0 Å². The fraction of sp³-hybridized carbons (Fsp3) is 0.429. The third-order valence-electron chi connectivity index (χ3n) is 5.63. The van der Waals surface area contributed by atoms with Gasteiger partial charge in [0.1, 0.15) is 0 Å². The Kier molecular flexibility index (Phi) is 6.81. The van der Waals surface area contributed by atoms with Crippen molar-refractivity contribution in [1.82, 2.24) is 4.98 Å². The number of carbonyl (C=O) groups is 1. The van der Waals surface area contributed by atoms with Gasteiger partial charge in [-0.3, -0.25) is 9.78 Å². The Balaban J connectivity index is 1.77. The van der Waals surface area contributed by atoms with E-state index in [1.54, 1.807) is 0 Å². The van der Waals surface area contributed by atoms with Gasteiger partial charge in [-0.05, 0) is 30.2 Å². The summed E-state index contributed by atoms with van der Waals surface area (Å²) in [6.45, 7) is 0.0174. The normalized spacial score (nSPS) is 17.0. The standard InChI is InChI=1S/C21H20F5NO5S/c22-20(23,21(24,25)26)8-7-14-1-6-17(27-13-14)15-2-4-16(5-3-15)33(30,31)19(18(28)29)9-11-32-12-10-19/h1-6,13H,7-12H2,(H,28,29). The zero-order chi connectivity index (χ0) is 24.5. The molecule has 1 aliphatic heterocycles. The molecule has 0 spiro atoms. The van der Waals surface area contributed by atoms with E-state index in [9.17, 15) is 40.3 Å². The van der Waals surface area contributed by atoms with E-state index in [4.69, 9.17) is 4.74 Å². The molecule has 0 atom stereocenters. The first-order valence-corrected chi connectivity index (χ1v) is 11.3. The second-order valence-electron chi connectivity index (χ2n) is 7.69. The number of alkyl halides is 5. The zero-order valence-corrected chi connectivity index (χ0v) is 17.9. The van der Waals surface area contributed by atoms with Crippen LogP contribution < -0.4 is 0 Å². The number of ether oxygens (including phenoxy) is 1. The molecule has 0 aliphatic carbocycles. The van der Waals surface area contributed by atoms with Crippen LogP contribution in [-0.2, 0) is 25.8 Å². The van der Waals surface area contributed by atoms with Crippen LogP contribution in [0.3, 0.4) is 0 Å². The number of nitrogens with zero attached hydrogens (tertiary/aromatic N) is 1. The minimum absolute atomic E-state index is 0.00872. The maximum Gasteiger partial charge on any atom is 0.453 e. The Morgan fingerprint density at radius 3 is 2.12 bits per heavy atom. The number of aromatic nitrogens is 1. The molecule has 0 bridgehead atoms. The number of benzene rings is 1. The molecular formula is C21H20F5NO5S. The zero-order valence-electron chi connectivity index (χ0n) is 17.1. The highest BCUT2D eigenvalue weighted by Crippen LogP contribution is 2.39. The van der Waals surface area contributed by atoms with Crippen LogP contribution in [0.4, 0.5) is 22.0 Å². The molecule has 1 N–H and O–H groups in total. The van der Waals surface area contributed by atoms with E-state index in [1.807, 2.05) is 0 Å². The summed E-state index contributed by atoms with van der Waals surface area (Å²) in [5, 5.41) is 9.63. The molecule has 1 saturated heterocycles. The number of aliphatic carboxylic acids is 1. The molecule has 1 aliphatic rings. The van der Waals surface area contributed by atoms with Crippen LogP contribution in [-0.4, -0.2) is 54.5 Å². The number of rotatable bonds is 7. The molecule has 3 rings (SSSR count). The molecule has 0 unspecified atom stereocenters. The molecule has 12 heteroatoms. The predicted molar refractivity (Wildman–Crippen MR) is 107 cm³/mol. The van der Waals surface area contributed by atoms with Crippen molar-refractivity contribution >= 4 is 15.8 Å². The molecule has 6 nitrogen and oxygen atoms in total. The fourth-order valence-electron chi connectivity index (χ4n) is 3.52. The lowest BCUT2D eigenvalue weighted by Gasteiger charge is -2.32. The highest BCUT2D eigenvalue weighted by Gasteiger charge is 2.56. The third kappa shape index (κ3) is 4.86. The van der Waals surface area contributed by atoms with Crippen molar-refractivity contribution in [3.05, 3.63) is 48.2 Å². The maximum atomic E-state index is 13.1. The number of halogens is 5. The van der Waals surface area contributed by atoms with Gasteiger partial charge in [0.2, 0.25) is 0 Å². The van der Waals surface area contributed by atoms with Gasteiger partial charge in [0, 0.05) is 44.2 Å². The quantitative estimate of drug-likeness (QED) is 0.579. The van der Waals surface area contributed by atoms with Gasteiger partial charge < -0.3 is 9.84 Å². The molecule has 1 fully saturated rings. The smallest absolute Gasteiger partial charge is 0.453 e. The van der Waals surface area contributed by atoms with Gasteiger partial charge >= 0.3 is 18.1 Å². The van der Waals surface area contributed by atoms with Gasteiger partial charge in [0.15, 0.2) is 14.6 Å². The van der Waals surface area contributed by atoms with Crippen LogP contribution in [0.15, 0.2) is 47.5 Å². The van der Waals surface area contributed by atoms with E-state index in [0.717, 1.165) is 0 Å². The fourth-order valence-corrected chi connectivity index (χ4v) is 5.39. The van der Waals surface area contributed by atoms with E-state index in [1.165, 1.54) is 42.6 Å². The van der Waals surface area contributed by atoms with Crippen LogP contribution in [0.25, 0.3) is 11.3 Å². The van der Waals surface area contributed by atoms with Gasteiger partial charge in [-0.1, -0.05) is 18.2 Å². The van der Waals surface area contributed by atoms with Crippen molar-refractivity contribution in [3.63, 3.8) is 0 Å². The summed E-state index contributed by atoms with van der Waals surface area (Å²) in [6.07, 6.45) is -6.73. The molecule has 180 valence electrons. The van der Waals surface area contributed by atoms with Crippen LogP contribution >= 0.6 is 0 Å². The van der Waals surface area contributed by atoms with Crippen molar-refractivity contribution in [1.29, 1.82) is 0 Å². The number of aryl methyl sites for hydroxylation is 1. The topological polar surface area (TPSA) is 93.6 Å². The van der Waals surface area contributed by atoms with E-state index >= 15 is 0 Å². The summed E-state index contributed by atoms with van der Waals surface area (Å²) in [5.74, 6) is -6.24.